The Hall–Kier alpha value is -0.120. The van der Waals surface area contributed by atoms with Crippen LogP contribution in [0.3, 0.4) is 0 Å². The molecule has 2 N–H and O–H groups in total. The van der Waals surface area contributed by atoms with Crippen molar-refractivity contribution >= 4 is 0 Å². The van der Waals surface area contributed by atoms with E-state index in [0.29, 0.717) is 0 Å². The number of likely N-dealkylation sites (tertiary alicyclic amines) is 1. The van der Waals surface area contributed by atoms with Gasteiger partial charge in [0.05, 0.1) is 0 Å². The molecule has 3 heteroatoms. The van der Waals surface area contributed by atoms with Crippen molar-refractivity contribution in [2.24, 2.45) is 17.6 Å². The number of nitrogens with two attached hydrogens (primary N) is 1. The fourth-order valence-electron chi connectivity index (χ4n) is 2.56. The van der Waals surface area contributed by atoms with Gasteiger partial charge in [-0.2, -0.15) is 0 Å². The normalized spacial score (nSPS) is 28.2. The molecule has 0 aromatic carbocycles. The molecule has 1 fully saturated rings. The van der Waals surface area contributed by atoms with E-state index in [-0.39, 0.29) is 0 Å². The molecule has 1 heterocycles. The number of piperidine rings is 1. The van der Waals surface area contributed by atoms with Crippen LogP contribution in [0, 0.1) is 11.8 Å². The van der Waals surface area contributed by atoms with Gasteiger partial charge in [0.25, 0.3) is 0 Å². The van der Waals surface area contributed by atoms with Crippen molar-refractivity contribution in [2.45, 2.75) is 26.2 Å². The quantitative estimate of drug-likeness (QED) is 0.678. The van der Waals surface area contributed by atoms with Crippen molar-refractivity contribution in [3.63, 3.8) is 0 Å². The van der Waals surface area contributed by atoms with Crippen molar-refractivity contribution < 1.29 is 4.74 Å². The van der Waals surface area contributed by atoms with E-state index in [1.165, 1.54) is 32.5 Å². The summed E-state index contributed by atoms with van der Waals surface area (Å²) in [5, 5.41) is 0. The Morgan fingerprint density at radius 1 is 1.40 bits per heavy atom. The van der Waals surface area contributed by atoms with E-state index >= 15 is 0 Å². The molecule has 2 atom stereocenters. The average molecular weight is 214 g/mol. The molecule has 2 unspecified atom stereocenters. The van der Waals surface area contributed by atoms with Crippen LogP contribution >= 0.6 is 0 Å². The lowest BCUT2D eigenvalue weighted by atomic mass is 9.84. The highest BCUT2D eigenvalue weighted by Crippen LogP contribution is 2.25. The Bertz CT molecular complexity index is 162. The molecule has 0 radical (unpaired) electrons. The lowest BCUT2D eigenvalue weighted by Crippen LogP contribution is -2.43. The van der Waals surface area contributed by atoms with Crippen LogP contribution in [0.1, 0.15) is 26.2 Å². The largest absolute Gasteiger partial charge is 0.385 e. The van der Waals surface area contributed by atoms with Gasteiger partial charge in [-0.1, -0.05) is 13.3 Å². The van der Waals surface area contributed by atoms with Crippen LogP contribution in [0.4, 0.5) is 0 Å². The summed E-state index contributed by atoms with van der Waals surface area (Å²) >= 11 is 0. The van der Waals surface area contributed by atoms with Gasteiger partial charge >= 0.3 is 0 Å². The molecule has 1 aliphatic heterocycles. The lowest BCUT2D eigenvalue weighted by Gasteiger charge is -2.37. The Morgan fingerprint density at radius 2 is 2.20 bits per heavy atom. The van der Waals surface area contributed by atoms with Gasteiger partial charge < -0.3 is 15.4 Å². The van der Waals surface area contributed by atoms with E-state index in [0.717, 1.165) is 31.4 Å². The van der Waals surface area contributed by atoms with Crippen molar-refractivity contribution in [2.75, 3.05) is 39.9 Å². The third-order valence-corrected chi connectivity index (χ3v) is 3.63. The molecule has 0 aromatic heterocycles. The molecule has 0 spiro atoms. The Balaban J connectivity index is 2.26. The van der Waals surface area contributed by atoms with Crippen LogP contribution < -0.4 is 5.73 Å². The highest BCUT2D eigenvalue weighted by atomic mass is 16.5. The third-order valence-electron chi connectivity index (χ3n) is 3.63. The van der Waals surface area contributed by atoms with E-state index < -0.39 is 0 Å². The summed E-state index contributed by atoms with van der Waals surface area (Å²) in [4.78, 5) is 2.57. The minimum atomic E-state index is 0.758. The number of methoxy groups -OCH3 is 1. The van der Waals surface area contributed by atoms with E-state index in [1.54, 1.807) is 7.11 Å². The Labute approximate surface area is 94.0 Å². The summed E-state index contributed by atoms with van der Waals surface area (Å²) in [5.41, 5.74) is 5.80. The minimum Gasteiger partial charge on any atom is -0.385 e. The molecular weight excluding hydrogens is 188 g/mol. The van der Waals surface area contributed by atoms with Crippen LogP contribution in [-0.2, 0) is 4.74 Å². The molecule has 0 bridgehead atoms. The molecule has 0 amide bonds. The second-order valence-corrected chi connectivity index (χ2v) is 4.60. The highest BCUT2D eigenvalue weighted by molar-refractivity contribution is 4.80. The van der Waals surface area contributed by atoms with Crippen LogP contribution in [0.2, 0.25) is 0 Å². The van der Waals surface area contributed by atoms with Crippen molar-refractivity contribution in [1.82, 2.24) is 4.90 Å². The van der Waals surface area contributed by atoms with Gasteiger partial charge in [0.15, 0.2) is 0 Å². The van der Waals surface area contributed by atoms with E-state index in [1.807, 2.05) is 0 Å². The molecule has 0 saturated carbocycles. The maximum Gasteiger partial charge on any atom is 0.0474 e. The van der Waals surface area contributed by atoms with E-state index in [9.17, 15) is 0 Å². The van der Waals surface area contributed by atoms with Crippen molar-refractivity contribution in [3.8, 4) is 0 Å². The number of rotatable bonds is 6. The Morgan fingerprint density at radius 3 is 2.80 bits per heavy atom. The smallest absolute Gasteiger partial charge is 0.0474 e. The number of hydrogen-bond donors (Lipinski definition) is 1. The first-order chi connectivity index (χ1) is 7.31. The topological polar surface area (TPSA) is 38.5 Å². The maximum atomic E-state index is 5.80. The van der Waals surface area contributed by atoms with Gasteiger partial charge in [-0.05, 0) is 37.8 Å². The van der Waals surface area contributed by atoms with Gasteiger partial charge in [-0.3, -0.25) is 0 Å². The average Bonchev–Trinajstić information content (AvgIpc) is 2.29. The van der Waals surface area contributed by atoms with Gasteiger partial charge in [-0.25, -0.2) is 0 Å². The molecule has 1 aliphatic rings. The molecule has 0 aliphatic carbocycles. The first kappa shape index (κ1) is 12.9. The highest BCUT2D eigenvalue weighted by Gasteiger charge is 2.26. The summed E-state index contributed by atoms with van der Waals surface area (Å²) in [5.74, 6) is 1.57. The molecule has 3 nitrogen and oxygen atoms in total. The summed E-state index contributed by atoms with van der Waals surface area (Å²) in [6.45, 7) is 7.68. The zero-order chi connectivity index (χ0) is 11.1. The second-order valence-electron chi connectivity index (χ2n) is 4.60. The number of nitrogens with zero attached hydrogens (tertiary/aromatic N) is 1. The van der Waals surface area contributed by atoms with E-state index in [2.05, 4.69) is 11.8 Å². The van der Waals surface area contributed by atoms with Crippen molar-refractivity contribution in [3.05, 3.63) is 0 Å². The fraction of sp³-hybridized carbons (Fsp3) is 1.00. The van der Waals surface area contributed by atoms with Gasteiger partial charge in [0, 0.05) is 26.8 Å². The summed E-state index contributed by atoms with van der Waals surface area (Å²) in [6.07, 6.45) is 3.70. The van der Waals surface area contributed by atoms with Crippen LogP contribution in [0.5, 0.6) is 0 Å². The predicted octanol–water partition coefficient (Wildman–Crippen LogP) is 1.33. The van der Waals surface area contributed by atoms with Crippen LogP contribution in [-0.4, -0.2) is 44.8 Å². The SMILES string of the molecule is CCC1CN(CCCOC)CCC1CN. The number of hydrogen-bond acceptors (Lipinski definition) is 3. The zero-order valence-corrected chi connectivity index (χ0v) is 10.2. The first-order valence-corrected chi connectivity index (χ1v) is 6.23. The molecular formula is C12H26N2O. The summed E-state index contributed by atoms with van der Waals surface area (Å²) in [6, 6.07) is 0. The molecule has 1 saturated heterocycles. The standard InChI is InChI=1S/C12H26N2O/c1-3-11-10-14(6-4-8-15-2)7-5-12(11)9-13/h11-12H,3-10,13H2,1-2H3. The molecule has 90 valence electrons. The molecule has 15 heavy (non-hydrogen) atoms. The van der Waals surface area contributed by atoms with E-state index in [4.69, 9.17) is 10.5 Å². The zero-order valence-electron chi connectivity index (χ0n) is 10.2. The van der Waals surface area contributed by atoms with Gasteiger partial charge in [0.2, 0.25) is 0 Å². The monoisotopic (exact) mass is 214 g/mol. The predicted molar refractivity (Wildman–Crippen MR) is 63.9 cm³/mol. The molecule has 0 aromatic rings. The fourth-order valence-corrected chi connectivity index (χ4v) is 2.56. The minimum absolute atomic E-state index is 0.758. The van der Waals surface area contributed by atoms with Crippen LogP contribution in [0.15, 0.2) is 0 Å². The number of ether oxygens (including phenoxy) is 1. The van der Waals surface area contributed by atoms with Crippen LogP contribution in [0.25, 0.3) is 0 Å². The van der Waals surface area contributed by atoms with Gasteiger partial charge in [-0.15, -0.1) is 0 Å². The first-order valence-electron chi connectivity index (χ1n) is 6.23. The Kier molecular flexibility index (Phi) is 6.22. The maximum absolute atomic E-state index is 5.80. The van der Waals surface area contributed by atoms with Gasteiger partial charge in [0.1, 0.15) is 0 Å². The lowest BCUT2D eigenvalue weighted by molar-refractivity contribution is 0.105. The summed E-state index contributed by atoms with van der Waals surface area (Å²) in [7, 11) is 1.77. The second kappa shape index (κ2) is 7.20. The molecule has 1 rings (SSSR count). The summed E-state index contributed by atoms with van der Waals surface area (Å²) < 4.78 is 5.08. The van der Waals surface area contributed by atoms with Crippen molar-refractivity contribution in [1.29, 1.82) is 0 Å². The third kappa shape index (κ3) is 4.09.